The molecule has 20 heteroatoms. The van der Waals surface area contributed by atoms with Crippen molar-refractivity contribution in [2.75, 3.05) is 75.9 Å². The molecule has 1 aliphatic carbocycles. The quantitative estimate of drug-likeness (QED) is 0.0519. The number of primary amides is 1. The third kappa shape index (κ3) is 9.73. The standard InChI is InChI=1S/C42H52N10O10/c1-24-22-25(47-37-34(36(44)54)38-46-12-14-51(38)42(50-37)48-28-8-4-3-7-27(28)43)23-31(58-2)35(24)62-21-20-61-19-18-60-17-16-59-15-13-45-29-9-5-6-26-33(29)41(57)52(40(26)56)30-10-11-32(53)49-39(30)55/h5-6,9,12,14,22-23,27-28,30,45,47H,3-4,7-8,10-11,13,15-21,43H2,1-2H3,(H2,44,54)(H,48,50)(H,49,53,55)/t27-,28+,30?/m1/s1. The monoisotopic (exact) mass is 856 g/mol. The first-order valence-corrected chi connectivity index (χ1v) is 20.6. The Kier molecular flexibility index (Phi) is 14.1. The maximum absolute atomic E-state index is 13.3. The Balaban J connectivity index is 0.813. The van der Waals surface area contributed by atoms with Crippen molar-refractivity contribution < 1.29 is 47.7 Å². The topological polar surface area (TPSA) is 265 Å². The van der Waals surface area contributed by atoms with Gasteiger partial charge in [-0.3, -0.25) is 38.6 Å². The normalized spacial score (nSPS) is 18.8. The first-order valence-electron chi connectivity index (χ1n) is 20.6. The Morgan fingerprint density at radius 2 is 1.69 bits per heavy atom. The third-order valence-electron chi connectivity index (χ3n) is 10.9. The van der Waals surface area contributed by atoms with Crippen molar-refractivity contribution in [2.24, 2.45) is 11.5 Å². The SMILES string of the molecule is COc1cc(Nc2nc(N[C@H]3CCCC[C@H]3N)n3ccnc3c2C(N)=O)cc(C)c1OCCOCCOCCOCCNc1cccc2c1C(=O)N(C1CCC(=O)NC1=O)C2=O. The second-order valence-corrected chi connectivity index (χ2v) is 15.1. The number of carbonyl (C=O) groups excluding carboxylic acids is 5. The summed E-state index contributed by atoms with van der Waals surface area (Å²) in [5.41, 5.74) is 15.0. The van der Waals surface area contributed by atoms with Crippen molar-refractivity contribution in [3.8, 4) is 11.5 Å². The van der Waals surface area contributed by atoms with Crippen molar-refractivity contribution in [3.05, 3.63) is 65.0 Å². The largest absolute Gasteiger partial charge is 0.493 e. The number of imidazole rings is 1. The lowest BCUT2D eigenvalue weighted by Crippen LogP contribution is -2.54. The van der Waals surface area contributed by atoms with Gasteiger partial charge in [0.1, 0.15) is 18.2 Å². The fourth-order valence-corrected chi connectivity index (χ4v) is 7.86. The van der Waals surface area contributed by atoms with E-state index in [4.69, 9.17) is 40.1 Å². The summed E-state index contributed by atoms with van der Waals surface area (Å²) in [6.45, 7) is 4.44. The summed E-state index contributed by atoms with van der Waals surface area (Å²) in [4.78, 5) is 73.1. The highest BCUT2D eigenvalue weighted by atomic mass is 16.6. The summed E-state index contributed by atoms with van der Waals surface area (Å²) < 4.78 is 30.4. The highest BCUT2D eigenvalue weighted by Crippen LogP contribution is 2.37. The molecule has 0 bridgehead atoms. The van der Waals surface area contributed by atoms with Gasteiger partial charge in [0.15, 0.2) is 23.0 Å². The van der Waals surface area contributed by atoms with Crippen molar-refractivity contribution in [2.45, 2.75) is 63.6 Å². The van der Waals surface area contributed by atoms with Gasteiger partial charge in [-0.2, -0.15) is 4.98 Å². The van der Waals surface area contributed by atoms with E-state index in [-0.39, 0.29) is 54.0 Å². The van der Waals surface area contributed by atoms with Gasteiger partial charge in [-0.1, -0.05) is 18.9 Å². The van der Waals surface area contributed by atoms with Gasteiger partial charge in [-0.25, -0.2) is 4.98 Å². The van der Waals surface area contributed by atoms with Crippen molar-refractivity contribution in [3.63, 3.8) is 0 Å². The summed E-state index contributed by atoms with van der Waals surface area (Å²) in [6.07, 6.45) is 7.42. The molecule has 2 aromatic heterocycles. The number of fused-ring (bicyclic) bond motifs is 2. The van der Waals surface area contributed by atoms with Gasteiger partial charge >= 0.3 is 0 Å². The molecular weight excluding hydrogens is 805 g/mol. The number of methoxy groups -OCH3 is 1. The van der Waals surface area contributed by atoms with Crippen LogP contribution in [0.15, 0.2) is 42.7 Å². The zero-order valence-electron chi connectivity index (χ0n) is 34.7. The fourth-order valence-electron chi connectivity index (χ4n) is 7.86. The number of amides is 5. The second-order valence-electron chi connectivity index (χ2n) is 15.1. The summed E-state index contributed by atoms with van der Waals surface area (Å²) in [7, 11) is 1.54. The maximum atomic E-state index is 13.3. The molecule has 330 valence electrons. The van der Waals surface area contributed by atoms with Gasteiger partial charge in [0, 0.05) is 54.9 Å². The molecule has 2 aliphatic heterocycles. The zero-order valence-corrected chi connectivity index (χ0v) is 34.7. The van der Waals surface area contributed by atoms with Gasteiger partial charge in [0.25, 0.3) is 17.7 Å². The van der Waals surface area contributed by atoms with Gasteiger partial charge in [0.2, 0.25) is 17.8 Å². The number of anilines is 4. The van der Waals surface area contributed by atoms with Crippen molar-refractivity contribution >= 4 is 58.3 Å². The van der Waals surface area contributed by atoms with E-state index in [0.717, 1.165) is 36.1 Å². The molecule has 1 unspecified atom stereocenters. The number of ether oxygens (including phenoxy) is 5. The average Bonchev–Trinajstić information content (AvgIpc) is 3.83. The highest BCUT2D eigenvalue weighted by Gasteiger charge is 2.45. The Labute approximate surface area is 357 Å². The van der Waals surface area contributed by atoms with E-state index < -0.39 is 35.6 Å². The predicted molar refractivity (Wildman–Crippen MR) is 226 cm³/mol. The minimum Gasteiger partial charge on any atom is -0.493 e. The van der Waals surface area contributed by atoms with Crippen LogP contribution in [0, 0.1) is 6.92 Å². The highest BCUT2D eigenvalue weighted by molar-refractivity contribution is 6.25. The van der Waals surface area contributed by atoms with Crippen LogP contribution in [0.3, 0.4) is 0 Å². The Morgan fingerprint density at radius 3 is 2.42 bits per heavy atom. The van der Waals surface area contributed by atoms with E-state index in [1.165, 1.54) is 0 Å². The van der Waals surface area contributed by atoms with E-state index in [1.807, 2.05) is 13.0 Å². The number of nitrogens with one attached hydrogen (secondary N) is 4. The van der Waals surface area contributed by atoms with Crippen molar-refractivity contribution in [1.82, 2.24) is 24.6 Å². The number of nitrogens with zero attached hydrogens (tertiary/aromatic N) is 4. The van der Waals surface area contributed by atoms with E-state index in [0.29, 0.717) is 80.7 Å². The van der Waals surface area contributed by atoms with Crippen LogP contribution in [-0.2, 0) is 23.8 Å². The molecule has 2 fully saturated rings. The summed E-state index contributed by atoms with van der Waals surface area (Å²) in [5, 5.41) is 12.1. The first kappa shape index (κ1) is 43.7. The molecule has 62 heavy (non-hydrogen) atoms. The number of imide groups is 2. The number of hydrogen-bond donors (Lipinski definition) is 6. The first-order chi connectivity index (χ1) is 30.0. The predicted octanol–water partition coefficient (Wildman–Crippen LogP) is 2.51. The number of nitrogens with two attached hydrogens (primary N) is 2. The van der Waals surface area contributed by atoms with Crippen LogP contribution >= 0.6 is 0 Å². The molecular formula is C42H52N10O10. The smallest absolute Gasteiger partial charge is 0.264 e. The number of aryl methyl sites for hydroxylation is 1. The molecule has 4 heterocycles. The fraction of sp³-hybridized carbons (Fsp3) is 0.452. The van der Waals surface area contributed by atoms with Gasteiger partial charge in [-0.15, -0.1) is 0 Å². The molecule has 2 aromatic carbocycles. The van der Waals surface area contributed by atoms with Crippen molar-refractivity contribution in [1.29, 1.82) is 0 Å². The Bertz CT molecular complexity index is 2320. The number of piperidine rings is 1. The Morgan fingerprint density at radius 1 is 0.952 bits per heavy atom. The lowest BCUT2D eigenvalue weighted by atomic mass is 9.91. The molecule has 20 nitrogen and oxygen atoms in total. The zero-order chi connectivity index (χ0) is 43.8. The van der Waals surface area contributed by atoms with E-state index in [9.17, 15) is 24.0 Å². The molecule has 1 saturated heterocycles. The summed E-state index contributed by atoms with van der Waals surface area (Å²) >= 11 is 0. The van der Waals surface area contributed by atoms with Crippen LogP contribution in [0.25, 0.3) is 5.65 Å². The number of hydrogen-bond acceptors (Lipinski definition) is 16. The van der Waals surface area contributed by atoms with Gasteiger partial charge in [-0.05, 0) is 49.9 Å². The number of benzene rings is 2. The van der Waals surface area contributed by atoms with Crippen LogP contribution in [0.2, 0.25) is 0 Å². The van der Waals surface area contributed by atoms with E-state index >= 15 is 0 Å². The minimum absolute atomic E-state index is 0.0185. The molecule has 1 saturated carbocycles. The van der Waals surface area contributed by atoms with Crippen LogP contribution in [0.5, 0.6) is 11.5 Å². The molecule has 0 radical (unpaired) electrons. The van der Waals surface area contributed by atoms with Gasteiger partial charge in [0.05, 0.1) is 57.9 Å². The third-order valence-corrected chi connectivity index (χ3v) is 10.9. The van der Waals surface area contributed by atoms with Crippen LogP contribution in [0.4, 0.5) is 23.1 Å². The summed E-state index contributed by atoms with van der Waals surface area (Å²) in [5.74, 6) is -1.16. The lowest BCUT2D eigenvalue weighted by molar-refractivity contribution is -0.136. The molecule has 3 atom stereocenters. The van der Waals surface area contributed by atoms with Crippen LogP contribution < -0.4 is 42.2 Å². The molecule has 4 aromatic rings. The number of carbonyl (C=O) groups is 5. The molecule has 8 N–H and O–H groups in total. The molecule has 7 rings (SSSR count). The molecule has 5 amide bonds. The Hall–Kier alpha value is -6.35. The van der Waals surface area contributed by atoms with Gasteiger partial charge < -0.3 is 51.1 Å². The minimum atomic E-state index is -1.03. The molecule has 3 aliphatic rings. The maximum Gasteiger partial charge on any atom is 0.264 e. The average molecular weight is 857 g/mol. The lowest BCUT2D eigenvalue weighted by Gasteiger charge is -2.30. The summed E-state index contributed by atoms with van der Waals surface area (Å²) in [6, 6.07) is 7.45. The number of aromatic nitrogens is 3. The second kappa shape index (κ2) is 20.0. The van der Waals surface area contributed by atoms with E-state index in [1.54, 1.807) is 48.2 Å². The van der Waals surface area contributed by atoms with E-state index in [2.05, 4.69) is 26.3 Å². The van der Waals surface area contributed by atoms with Crippen LogP contribution in [-0.4, -0.2) is 127 Å². The number of rotatable bonds is 21. The molecule has 0 spiro atoms. The van der Waals surface area contributed by atoms with Crippen LogP contribution in [0.1, 0.15) is 75.2 Å².